The van der Waals surface area contributed by atoms with Gasteiger partial charge in [0.2, 0.25) is 0 Å². The van der Waals surface area contributed by atoms with Crippen molar-refractivity contribution in [2.45, 2.75) is 6.10 Å². The molecule has 94 valence electrons. The minimum Gasteiger partial charge on any atom is -0.384 e. The molecule has 0 saturated heterocycles. The zero-order valence-electron chi connectivity index (χ0n) is 10.5. The topological polar surface area (TPSA) is 25.2 Å². The number of rotatable bonds is 3. The van der Waals surface area contributed by atoms with Gasteiger partial charge in [-0.05, 0) is 35.4 Å². The molecule has 0 saturated carbocycles. The fraction of sp³-hybridized carbons (Fsp3) is 0.0588. The second kappa shape index (κ2) is 5.12. The van der Waals surface area contributed by atoms with E-state index in [1.807, 2.05) is 83.7 Å². The van der Waals surface area contributed by atoms with Crippen LogP contribution in [0.4, 0.5) is 0 Å². The van der Waals surface area contributed by atoms with E-state index in [4.69, 9.17) is 0 Å². The molecule has 0 amide bonds. The summed E-state index contributed by atoms with van der Waals surface area (Å²) in [7, 11) is 0. The van der Waals surface area contributed by atoms with Gasteiger partial charge in [-0.2, -0.15) is 0 Å². The Morgan fingerprint density at radius 3 is 2.16 bits per heavy atom. The molecule has 0 aliphatic heterocycles. The van der Waals surface area contributed by atoms with Gasteiger partial charge in [-0.3, -0.25) is 0 Å². The summed E-state index contributed by atoms with van der Waals surface area (Å²) in [5, 5.41) is 10.4. The molecule has 1 unspecified atom stereocenters. The number of aliphatic hydroxyl groups is 1. The highest BCUT2D eigenvalue weighted by Crippen LogP contribution is 2.23. The molecule has 0 spiro atoms. The molecule has 0 bridgehead atoms. The van der Waals surface area contributed by atoms with Gasteiger partial charge in [-0.25, -0.2) is 0 Å². The molecule has 0 aliphatic rings. The van der Waals surface area contributed by atoms with Crippen molar-refractivity contribution in [1.29, 1.82) is 0 Å². The molecule has 1 N–H and O–H groups in total. The number of hydrogen-bond donors (Lipinski definition) is 1. The number of hydrogen-bond acceptors (Lipinski definition) is 1. The van der Waals surface area contributed by atoms with Gasteiger partial charge in [-0.15, -0.1) is 0 Å². The molecule has 1 aromatic heterocycles. The zero-order valence-corrected chi connectivity index (χ0v) is 10.5. The van der Waals surface area contributed by atoms with Crippen LogP contribution in [0.5, 0.6) is 0 Å². The predicted molar refractivity (Wildman–Crippen MR) is 76.3 cm³/mol. The van der Waals surface area contributed by atoms with Crippen LogP contribution in [0, 0.1) is 0 Å². The second-order valence-corrected chi connectivity index (χ2v) is 4.50. The van der Waals surface area contributed by atoms with Crippen molar-refractivity contribution in [3.05, 3.63) is 90.3 Å². The van der Waals surface area contributed by atoms with Gasteiger partial charge in [0.05, 0.1) is 0 Å². The second-order valence-electron chi connectivity index (χ2n) is 4.50. The number of nitrogens with zero attached hydrogens (tertiary/aromatic N) is 1. The van der Waals surface area contributed by atoms with Crippen LogP contribution in [-0.4, -0.2) is 9.67 Å². The maximum Gasteiger partial charge on any atom is 0.104 e. The third-order valence-corrected chi connectivity index (χ3v) is 3.20. The fourth-order valence-corrected chi connectivity index (χ4v) is 2.19. The van der Waals surface area contributed by atoms with Crippen molar-refractivity contribution in [3.63, 3.8) is 0 Å². The predicted octanol–water partition coefficient (Wildman–Crippen LogP) is 3.56. The Hall–Kier alpha value is -2.32. The smallest absolute Gasteiger partial charge is 0.104 e. The molecule has 3 aromatic rings. The Morgan fingerprint density at radius 2 is 1.42 bits per heavy atom. The first-order valence-corrected chi connectivity index (χ1v) is 6.31. The summed E-state index contributed by atoms with van der Waals surface area (Å²) in [6.45, 7) is 0. The van der Waals surface area contributed by atoms with Crippen molar-refractivity contribution in [3.8, 4) is 5.69 Å². The van der Waals surface area contributed by atoms with Crippen LogP contribution in [0.3, 0.4) is 0 Å². The van der Waals surface area contributed by atoms with Gasteiger partial charge in [0, 0.05) is 18.1 Å². The molecule has 19 heavy (non-hydrogen) atoms. The Labute approximate surface area is 112 Å². The van der Waals surface area contributed by atoms with E-state index in [-0.39, 0.29) is 0 Å². The highest BCUT2D eigenvalue weighted by molar-refractivity contribution is 5.40. The van der Waals surface area contributed by atoms with Gasteiger partial charge in [0.25, 0.3) is 0 Å². The SMILES string of the molecule is OC(c1ccccc1)c1cccc(-n2cccc2)c1. The van der Waals surface area contributed by atoms with Crippen LogP contribution in [0.15, 0.2) is 79.1 Å². The quantitative estimate of drug-likeness (QED) is 0.754. The van der Waals surface area contributed by atoms with Gasteiger partial charge in [-0.1, -0.05) is 42.5 Å². The minimum atomic E-state index is -0.586. The third kappa shape index (κ3) is 2.44. The summed E-state index contributed by atoms with van der Waals surface area (Å²) in [6.07, 6.45) is 3.40. The number of benzene rings is 2. The first-order valence-electron chi connectivity index (χ1n) is 6.31. The lowest BCUT2D eigenvalue weighted by Crippen LogP contribution is -2.00. The summed E-state index contributed by atoms with van der Waals surface area (Å²) in [6, 6.07) is 21.6. The van der Waals surface area contributed by atoms with Gasteiger partial charge in [0.1, 0.15) is 6.10 Å². The van der Waals surface area contributed by atoms with Crippen LogP contribution >= 0.6 is 0 Å². The summed E-state index contributed by atoms with van der Waals surface area (Å²) in [4.78, 5) is 0. The van der Waals surface area contributed by atoms with E-state index in [1.165, 1.54) is 0 Å². The summed E-state index contributed by atoms with van der Waals surface area (Å²) in [5.74, 6) is 0. The zero-order chi connectivity index (χ0) is 13.1. The van der Waals surface area contributed by atoms with E-state index >= 15 is 0 Å². The molecule has 0 fully saturated rings. The molecule has 2 nitrogen and oxygen atoms in total. The van der Waals surface area contributed by atoms with Crippen molar-refractivity contribution >= 4 is 0 Å². The molecule has 0 aliphatic carbocycles. The average Bonchev–Trinajstić information content (AvgIpc) is 3.02. The van der Waals surface area contributed by atoms with Gasteiger partial charge < -0.3 is 9.67 Å². The van der Waals surface area contributed by atoms with E-state index in [2.05, 4.69) is 0 Å². The fourth-order valence-electron chi connectivity index (χ4n) is 2.19. The van der Waals surface area contributed by atoms with Crippen LogP contribution in [-0.2, 0) is 0 Å². The first kappa shape index (κ1) is 11.8. The van der Waals surface area contributed by atoms with E-state index < -0.39 is 6.10 Å². The lowest BCUT2D eigenvalue weighted by atomic mass is 10.0. The van der Waals surface area contributed by atoms with Crippen molar-refractivity contribution < 1.29 is 5.11 Å². The Bertz CT molecular complexity index is 644. The van der Waals surface area contributed by atoms with Crippen LogP contribution in [0.2, 0.25) is 0 Å². The van der Waals surface area contributed by atoms with Gasteiger partial charge in [0.15, 0.2) is 0 Å². The molecular formula is C17H15NO. The van der Waals surface area contributed by atoms with Crippen LogP contribution in [0.25, 0.3) is 5.69 Å². The van der Waals surface area contributed by atoms with Crippen LogP contribution < -0.4 is 0 Å². The normalized spacial score (nSPS) is 12.3. The summed E-state index contributed by atoms with van der Waals surface area (Å²) in [5.41, 5.74) is 2.86. The highest BCUT2D eigenvalue weighted by atomic mass is 16.3. The lowest BCUT2D eigenvalue weighted by molar-refractivity contribution is 0.220. The highest BCUT2D eigenvalue weighted by Gasteiger charge is 2.10. The van der Waals surface area contributed by atoms with E-state index in [0.717, 1.165) is 16.8 Å². The van der Waals surface area contributed by atoms with E-state index in [1.54, 1.807) is 0 Å². The molecule has 1 heterocycles. The average molecular weight is 249 g/mol. The standard InChI is InChI=1S/C17H15NO/c19-17(14-7-2-1-3-8-14)15-9-6-10-16(13-15)18-11-4-5-12-18/h1-13,17,19H. The lowest BCUT2D eigenvalue weighted by Gasteiger charge is -2.13. The van der Waals surface area contributed by atoms with Crippen LogP contribution in [0.1, 0.15) is 17.2 Å². The monoisotopic (exact) mass is 249 g/mol. The largest absolute Gasteiger partial charge is 0.384 e. The molecule has 3 rings (SSSR count). The minimum absolute atomic E-state index is 0.586. The Morgan fingerprint density at radius 1 is 0.737 bits per heavy atom. The van der Waals surface area contributed by atoms with Crippen molar-refractivity contribution in [1.82, 2.24) is 4.57 Å². The third-order valence-electron chi connectivity index (χ3n) is 3.20. The maximum atomic E-state index is 10.4. The maximum absolute atomic E-state index is 10.4. The summed E-state index contributed by atoms with van der Waals surface area (Å²) < 4.78 is 2.03. The molecule has 2 heteroatoms. The molecule has 0 radical (unpaired) electrons. The number of aliphatic hydroxyl groups excluding tert-OH is 1. The number of aromatic nitrogens is 1. The Balaban J connectivity index is 1.96. The Kier molecular flexibility index (Phi) is 3.17. The molecule has 2 aromatic carbocycles. The van der Waals surface area contributed by atoms with Crippen molar-refractivity contribution in [2.75, 3.05) is 0 Å². The van der Waals surface area contributed by atoms with E-state index in [9.17, 15) is 5.11 Å². The molecule has 1 atom stereocenters. The first-order chi connectivity index (χ1) is 9.34. The molecular weight excluding hydrogens is 234 g/mol. The van der Waals surface area contributed by atoms with E-state index in [0.29, 0.717) is 0 Å². The summed E-state index contributed by atoms with van der Waals surface area (Å²) >= 11 is 0. The van der Waals surface area contributed by atoms with Crippen molar-refractivity contribution in [2.24, 2.45) is 0 Å². The van der Waals surface area contributed by atoms with Gasteiger partial charge >= 0.3 is 0 Å².